The fourth-order valence-electron chi connectivity index (χ4n) is 7.88. The highest BCUT2D eigenvalue weighted by atomic mass is 32.1. The maximum Gasteiger partial charge on any atom is 0.280 e. The first kappa shape index (κ1) is 25.4. The molecule has 1 amide bonds. The maximum absolute atomic E-state index is 15.8. The number of nitrogens with zero attached hydrogens (tertiary/aromatic N) is 3. The van der Waals surface area contributed by atoms with E-state index < -0.39 is 53.0 Å². The number of fused-ring (bicyclic) bond motifs is 4. The van der Waals surface area contributed by atoms with E-state index in [4.69, 9.17) is 4.74 Å². The van der Waals surface area contributed by atoms with Crippen molar-refractivity contribution in [3.8, 4) is 27.3 Å². The van der Waals surface area contributed by atoms with Crippen molar-refractivity contribution in [2.24, 2.45) is 5.41 Å². The van der Waals surface area contributed by atoms with Gasteiger partial charge in [-0.2, -0.15) is 0 Å². The van der Waals surface area contributed by atoms with Crippen molar-refractivity contribution in [1.29, 1.82) is 0 Å². The van der Waals surface area contributed by atoms with Gasteiger partial charge in [-0.25, -0.2) is 13.2 Å². The Balaban J connectivity index is 1.39. The molecule has 2 aromatic heterocycles. The number of hydrogen-bond acceptors (Lipinski definition) is 6. The lowest BCUT2D eigenvalue weighted by Crippen LogP contribution is -2.68. The molecule has 9 rings (SSSR count). The fraction of sp³-hybridized carbons (Fsp3) is 0.312. The van der Waals surface area contributed by atoms with Gasteiger partial charge in [0.25, 0.3) is 11.8 Å². The molecule has 4 aromatic rings. The first-order valence-corrected chi connectivity index (χ1v) is 15.1. The van der Waals surface area contributed by atoms with E-state index in [1.807, 2.05) is 29.3 Å². The van der Waals surface area contributed by atoms with Crippen molar-refractivity contribution in [1.82, 2.24) is 9.58 Å². The number of rotatable bonds is 1. The summed E-state index contributed by atoms with van der Waals surface area (Å²) in [5.74, 6) is -5.52. The van der Waals surface area contributed by atoms with Crippen LogP contribution in [0.15, 0.2) is 58.8 Å². The van der Waals surface area contributed by atoms with Gasteiger partial charge in [0.2, 0.25) is 5.43 Å². The molecule has 11 heteroatoms. The zero-order valence-electron chi connectivity index (χ0n) is 22.6. The van der Waals surface area contributed by atoms with E-state index in [2.05, 4.69) is 0 Å². The molecule has 0 radical (unpaired) electrons. The molecule has 2 aliphatic carbocycles. The Bertz CT molecular complexity index is 1970. The standard InChI is InChI=1S/C32H24F3N3O4S/c33-20-6-5-19-24-23-16(11-32(34,35)25(20)24)13-43-29(23)18-4-2-1-3-17(18)26(19)38-22-12-31(14-42-15-31)8-10-36(22)30(41)27-28(40)21(39)7-9-37(27)38/h1-7,9,13,22,26,40H,8,10-12,14-15H2. The topological polar surface area (TPSA) is 75.0 Å². The second-order valence-corrected chi connectivity index (χ2v) is 13.1. The van der Waals surface area contributed by atoms with Crippen molar-refractivity contribution in [2.45, 2.75) is 37.4 Å². The van der Waals surface area contributed by atoms with Crippen LogP contribution in [-0.4, -0.2) is 46.5 Å². The second kappa shape index (κ2) is 8.29. The minimum absolute atomic E-state index is 0.163. The van der Waals surface area contributed by atoms with Gasteiger partial charge in [-0.15, -0.1) is 11.3 Å². The number of carbonyl (C=O) groups excluding carboxylic acids is 1. The van der Waals surface area contributed by atoms with Crippen LogP contribution in [0.2, 0.25) is 0 Å². The lowest BCUT2D eigenvalue weighted by atomic mass is 9.74. The Hall–Kier alpha value is -4.09. The van der Waals surface area contributed by atoms with Gasteiger partial charge >= 0.3 is 0 Å². The molecule has 43 heavy (non-hydrogen) atoms. The molecule has 2 unspecified atom stereocenters. The summed E-state index contributed by atoms with van der Waals surface area (Å²) in [7, 11) is 0. The summed E-state index contributed by atoms with van der Waals surface area (Å²) in [5.41, 5.74) is 1.73. The van der Waals surface area contributed by atoms with Crippen molar-refractivity contribution in [3.05, 3.63) is 98.0 Å². The molecule has 0 saturated carbocycles. The number of aromatic hydroxyl groups is 1. The maximum atomic E-state index is 15.8. The summed E-state index contributed by atoms with van der Waals surface area (Å²) in [6, 6.07) is 10.8. The number of ether oxygens (including phenoxy) is 1. The van der Waals surface area contributed by atoms with E-state index in [0.29, 0.717) is 49.3 Å². The third-order valence-corrected chi connectivity index (χ3v) is 10.9. The number of alkyl halides is 2. The largest absolute Gasteiger partial charge is 0.502 e. The minimum atomic E-state index is -3.43. The van der Waals surface area contributed by atoms with Crippen molar-refractivity contribution in [3.63, 3.8) is 0 Å². The van der Waals surface area contributed by atoms with Gasteiger partial charge < -0.3 is 14.7 Å². The molecule has 2 atom stereocenters. The number of pyridine rings is 1. The van der Waals surface area contributed by atoms with E-state index in [-0.39, 0.29) is 16.7 Å². The van der Waals surface area contributed by atoms with Crippen molar-refractivity contribution in [2.75, 3.05) is 24.8 Å². The van der Waals surface area contributed by atoms with E-state index in [0.717, 1.165) is 22.1 Å². The van der Waals surface area contributed by atoms with Crippen LogP contribution in [0.4, 0.5) is 13.2 Å². The highest BCUT2D eigenvalue weighted by Gasteiger charge is 2.54. The van der Waals surface area contributed by atoms with Gasteiger partial charge in [-0.1, -0.05) is 30.3 Å². The second-order valence-electron chi connectivity index (χ2n) is 12.3. The highest BCUT2D eigenvalue weighted by molar-refractivity contribution is 7.14. The molecule has 5 aliphatic rings. The van der Waals surface area contributed by atoms with Gasteiger partial charge in [0.05, 0.1) is 24.8 Å². The number of piperidine rings is 1. The van der Waals surface area contributed by atoms with Gasteiger partial charge in [0.15, 0.2) is 11.4 Å². The molecule has 7 nitrogen and oxygen atoms in total. The number of benzene rings is 2. The molecule has 2 saturated heterocycles. The Morgan fingerprint density at radius 3 is 2.63 bits per heavy atom. The molecule has 0 bridgehead atoms. The van der Waals surface area contributed by atoms with Crippen molar-refractivity contribution < 1.29 is 27.8 Å². The lowest BCUT2D eigenvalue weighted by molar-refractivity contribution is -0.150. The molecule has 1 N–H and O–H groups in total. The number of halogens is 3. The van der Waals surface area contributed by atoms with E-state index in [9.17, 15) is 14.7 Å². The Morgan fingerprint density at radius 2 is 1.84 bits per heavy atom. The van der Waals surface area contributed by atoms with E-state index >= 15 is 13.2 Å². The predicted molar refractivity (Wildman–Crippen MR) is 152 cm³/mol. The highest BCUT2D eigenvalue weighted by Crippen LogP contribution is 2.58. The van der Waals surface area contributed by atoms with Gasteiger partial charge in [-0.3, -0.25) is 19.3 Å². The quantitative estimate of drug-likeness (QED) is 0.317. The van der Waals surface area contributed by atoms with Crippen LogP contribution >= 0.6 is 11.3 Å². The van der Waals surface area contributed by atoms with Gasteiger partial charge in [0.1, 0.15) is 12.0 Å². The lowest BCUT2D eigenvalue weighted by Gasteiger charge is -2.57. The Kier molecular flexibility index (Phi) is 4.90. The smallest absolute Gasteiger partial charge is 0.280 e. The monoisotopic (exact) mass is 603 g/mol. The van der Waals surface area contributed by atoms with Crippen molar-refractivity contribution >= 4 is 17.2 Å². The number of thiophene rings is 1. The molecule has 1 spiro atoms. The van der Waals surface area contributed by atoms with Crippen LogP contribution in [0, 0.1) is 11.2 Å². The first-order chi connectivity index (χ1) is 20.7. The zero-order chi connectivity index (χ0) is 29.4. The average molecular weight is 604 g/mol. The summed E-state index contributed by atoms with van der Waals surface area (Å²) in [5, 5.41) is 14.6. The van der Waals surface area contributed by atoms with Gasteiger partial charge in [0, 0.05) is 46.6 Å². The molecule has 5 heterocycles. The average Bonchev–Trinajstić information content (AvgIpc) is 3.33. The summed E-state index contributed by atoms with van der Waals surface area (Å²) < 4.78 is 54.2. The summed E-state index contributed by atoms with van der Waals surface area (Å²) in [6.45, 7) is 1.46. The normalized spacial score (nSPS) is 23.6. The zero-order valence-corrected chi connectivity index (χ0v) is 23.5. The third kappa shape index (κ3) is 3.18. The summed E-state index contributed by atoms with van der Waals surface area (Å²) in [6.07, 6.45) is 1.55. The Labute approximate surface area is 247 Å². The predicted octanol–water partition coefficient (Wildman–Crippen LogP) is 5.37. The molecular formula is C32H24F3N3O4S. The molecule has 3 aliphatic heterocycles. The van der Waals surface area contributed by atoms with Crippen LogP contribution in [0.5, 0.6) is 5.75 Å². The molecular weight excluding hydrogens is 579 g/mol. The molecule has 218 valence electrons. The minimum Gasteiger partial charge on any atom is -0.502 e. The number of hydrogen-bond donors (Lipinski definition) is 1. The first-order valence-electron chi connectivity index (χ1n) is 14.2. The van der Waals surface area contributed by atoms with Crippen LogP contribution in [0.25, 0.3) is 21.6 Å². The third-order valence-electron chi connectivity index (χ3n) is 9.89. The number of amides is 1. The number of carbonyl (C=O) groups is 1. The van der Waals surface area contributed by atoms with Gasteiger partial charge in [-0.05, 0) is 46.5 Å². The SMILES string of the molecule is O=C1c2c(O)c(=O)ccn2N(C2c3ccccc3-c3scc4c3-c3c2ccc(F)c3C(F)(F)C4)C2CC3(CCN12)COC3. The van der Waals surface area contributed by atoms with Crippen LogP contribution < -0.4 is 10.4 Å². The van der Waals surface area contributed by atoms with Crippen LogP contribution in [-0.2, 0) is 17.1 Å². The van der Waals surface area contributed by atoms with E-state index in [1.165, 1.54) is 28.3 Å². The van der Waals surface area contributed by atoms with Crippen LogP contribution in [0.1, 0.15) is 51.6 Å². The molecule has 2 fully saturated rings. The Morgan fingerprint density at radius 1 is 1.02 bits per heavy atom. The summed E-state index contributed by atoms with van der Waals surface area (Å²) in [4.78, 5) is 29.0. The van der Waals surface area contributed by atoms with E-state index in [1.54, 1.807) is 16.3 Å². The van der Waals surface area contributed by atoms with Crippen LogP contribution in [0.3, 0.4) is 0 Å². The molecule has 2 aromatic carbocycles. The fourth-order valence-corrected chi connectivity index (χ4v) is 9.01. The number of aromatic nitrogens is 1. The summed E-state index contributed by atoms with van der Waals surface area (Å²) >= 11 is 1.37.